The lowest BCUT2D eigenvalue weighted by molar-refractivity contribution is -0.140. The van der Waals surface area contributed by atoms with Crippen LogP contribution in [0.5, 0.6) is 0 Å². The number of hydrogen-bond acceptors (Lipinski definition) is 4. The Hall–Kier alpha value is -2.59. The Morgan fingerprint density at radius 1 is 0.976 bits per heavy atom. The number of rotatable bonds is 13. The molecule has 0 radical (unpaired) electrons. The van der Waals surface area contributed by atoms with Crippen LogP contribution >= 0.6 is 39.1 Å². The van der Waals surface area contributed by atoms with Gasteiger partial charge in [-0.3, -0.25) is 13.9 Å². The molecule has 11 heteroatoms. The highest BCUT2D eigenvalue weighted by atomic mass is 79.9. The second kappa shape index (κ2) is 15.0. The average molecular weight is 683 g/mol. The summed E-state index contributed by atoms with van der Waals surface area (Å²) in [5.74, 6) is -0.858. The van der Waals surface area contributed by atoms with Gasteiger partial charge in [-0.05, 0) is 73.9 Å². The van der Waals surface area contributed by atoms with Crippen LogP contribution in [0.1, 0.15) is 44.2 Å². The fourth-order valence-corrected chi connectivity index (χ4v) is 6.38. The minimum absolute atomic E-state index is 0.00665. The van der Waals surface area contributed by atoms with E-state index in [9.17, 15) is 18.0 Å². The van der Waals surface area contributed by atoms with Crippen LogP contribution in [-0.2, 0) is 26.2 Å². The molecule has 3 aromatic carbocycles. The topological polar surface area (TPSA) is 86.8 Å². The Balaban J connectivity index is 2.05. The fourth-order valence-electron chi connectivity index (χ4n) is 4.23. The molecule has 2 amide bonds. The first-order valence-electron chi connectivity index (χ1n) is 13.3. The summed E-state index contributed by atoms with van der Waals surface area (Å²) in [7, 11) is -4.14. The number of amides is 2. The lowest BCUT2D eigenvalue weighted by Crippen LogP contribution is -2.52. The van der Waals surface area contributed by atoms with Crippen LogP contribution in [0.15, 0.2) is 76.1 Å². The van der Waals surface area contributed by atoms with E-state index in [2.05, 4.69) is 21.2 Å². The van der Waals surface area contributed by atoms with Gasteiger partial charge in [0.2, 0.25) is 11.8 Å². The van der Waals surface area contributed by atoms with Gasteiger partial charge in [-0.25, -0.2) is 8.42 Å². The molecule has 0 aliphatic heterocycles. The molecule has 220 valence electrons. The van der Waals surface area contributed by atoms with Crippen molar-refractivity contribution in [2.45, 2.75) is 57.5 Å². The van der Waals surface area contributed by atoms with Crippen LogP contribution in [0.4, 0.5) is 5.69 Å². The number of nitrogens with zero attached hydrogens (tertiary/aromatic N) is 2. The van der Waals surface area contributed by atoms with Crippen molar-refractivity contribution in [1.82, 2.24) is 10.2 Å². The minimum Gasteiger partial charge on any atom is -0.354 e. The van der Waals surface area contributed by atoms with Crippen molar-refractivity contribution < 1.29 is 18.0 Å². The van der Waals surface area contributed by atoms with Crippen molar-refractivity contribution in [2.24, 2.45) is 0 Å². The number of benzene rings is 3. The van der Waals surface area contributed by atoms with E-state index in [1.807, 2.05) is 20.8 Å². The molecule has 0 fully saturated rings. The molecule has 0 unspecified atom stereocenters. The molecule has 41 heavy (non-hydrogen) atoms. The molecule has 7 nitrogen and oxygen atoms in total. The summed E-state index contributed by atoms with van der Waals surface area (Å²) in [6, 6.07) is 17.2. The lowest BCUT2D eigenvalue weighted by Gasteiger charge is -2.33. The first kappa shape index (κ1) is 32.9. The molecular weight excluding hydrogens is 649 g/mol. The minimum atomic E-state index is -4.14. The van der Waals surface area contributed by atoms with Crippen molar-refractivity contribution in [3.8, 4) is 0 Å². The zero-order valence-electron chi connectivity index (χ0n) is 23.2. The van der Waals surface area contributed by atoms with E-state index in [1.54, 1.807) is 54.6 Å². The molecule has 0 aromatic heterocycles. The van der Waals surface area contributed by atoms with Gasteiger partial charge in [0.05, 0.1) is 10.6 Å². The van der Waals surface area contributed by atoms with Crippen LogP contribution < -0.4 is 9.62 Å². The average Bonchev–Trinajstić information content (AvgIpc) is 2.93. The smallest absolute Gasteiger partial charge is 0.264 e. The highest BCUT2D eigenvalue weighted by molar-refractivity contribution is 9.10. The van der Waals surface area contributed by atoms with Crippen molar-refractivity contribution >= 4 is 66.7 Å². The first-order chi connectivity index (χ1) is 19.5. The van der Waals surface area contributed by atoms with Crippen LogP contribution in [-0.4, -0.2) is 44.3 Å². The SMILES string of the molecule is CCCCNC(=O)[C@@H](CC)N(Cc1ccc(Cl)cc1Cl)C(=O)CN(c1ccc(Br)cc1)S(=O)(=O)c1ccc(C)cc1. The van der Waals surface area contributed by atoms with E-state index in [1.165, 1.54) is 17.0 Å². The van der Waals surface area contributed by atoms with Gasteiger partial charge < -0.3 is 10.2 Å². The maximum atomic E-state index is 14.1. The van der Waals surface area contributed by atoms with Crippen LogP contribution in [0, 0.1) is 6.92 Å². The Morgan fingerprint density at radius 2 is 1.63 bits per heavy atom. The molecule has 0 aliphatic carbocycles. The number of halogens is 3. The maximum absolute atomic E-state index is 14.1. The molecule has 0 heterocycles. The number of carbonyl (C=O) groups excluding carboxylic acids is 2. The second-order valence-electron chi connectivity index (χ2n) is 9.63. The highest BCUT2D eigenvalue weighted by Gasteiger charge is 2.34. The second-order valence-corrected chi connectivity index (χ2v) is 13.2. The van der Waals surface area contributed by atoms with E-state index >= 15 is 0 Å². The Morgan fingerprint density at radius 3 is 2.22 bits per heavy atom. The van der Waals surface area contributed by atoms with Gasteiger partial charge in [-0.2, -0.15) is 0 Å². The normalized spacial score (nSPS) is 12.0. The predicted octanol–water partition coefficient (Wildman–Crippen LogP) is 6.98. The molecule has 3 aromatic rings. The van der Waals surface area contributed by atoms with E-state index < -0.39 is 28.5 Å². The van der Waals surface area contributed by atoms with E-state index in [0.29, 0.717) is 34.3 Å². The number of anilines is 1. The Labute approximate surface area is 261 Å². The fraction of sp³-hybridized carbons (Fsp3) is 0.333. The van der Waals surface area contributed by atoms with Gasteiger partial charge in [0, 0.05) is 27.6 Å². The van der Waals surface area contributed by atoms with Gasteiger partial charge in [0.1, 0.15) is 12.6 Å². The number of unbranched alkanes of at least 4 members (excludes halogenated alkanes) is 1. The van der Waals surface area contributed by atoms with E-state index in [0.717, 1.165) is 27.2 Å². The summed E-state index contributed by atoms with van der Waals surface area (Å²) in [5, 5.41) is 3.69. The number of hydrogen-bond donors (Lipinski definition) is 1. The van der Waals surface area contributed by atoms with Gasteiger partial charge in [0.15, 0.2) is 0 Å². The third-order valence-electron chi connectivity index (χ3n) is 6.57. The van der Waals surface area contributed by atoms with Crippen molar-refractivity contribution in [2.75, 3.05) is 17.4 Å². The van der Waals surface area contributed by atoms with Crippen LogP contribution in [0.25, 0.3) is 0 Å². The molecule has 3 rings (SSSR count). The third-order valence-corrected chi connectivity index (χ3v) is 9.48. The predicted molar refractivity (Wildman–Crippen MR) is 169 cm³/mol. The van der Waals surface area contributed by atoms with Crippen molar-refractivity contribution in [3.63, 3.8) is 0 Å². The van der Waals surface area contributed by atoms with Crippen LogP contribution in [0.2, 0.25) is 10.0 Å². The summed E-state index contributed by atoms with van der Waals surface area (Å²) in [6.45, 7) is 5.64. The van der Waals surface area contributed by atoms with Gasteiger partial charge in [-0.1, -0.05) is 83.2 Å². The summed E-state index contributed by atoms with van der Waals surface area (Å²) in [5.41, 5.74) is 1.80. The molecule has 1 N–H and O–H groups in total. The standard InChI is InChI=1S/C30H34BrCl2N3O4S/c1-4-6-17-34-30(38)28(5-2)35(19-22-9-12-24(32)18-27(22)33)29(37)20-36(25-13-10-23(31)11-14-25)41(39,40)26-15-7-21(3)8-16-26/h7-16,18,28H,4-6,17,19-20H2,1-3H3,(H,34,38)/t28-/m1/s1. The maximum Gasteiger partial charge on any atom is 0.264 e. The zero-order chi connectivity index (χ0) is 30.2. The molecule has 1 atom stereocenters. The molecule has 0 saturated carbocycles. The lowest BCUT2D eigenvalue weighted by atomic mass is 10.1. The quantitative estimate of drug-likeness (QED) is 0.197. The summed E-state index contributed by atoms with van der Waals surface area (Å²) in [4.78, 5) is 28.8. The number of sulfonamides is 1. The number of aryl methyl sites for hydroxylation is 1. The van der Waals surface area contributed by atoms with Crippen LogP contribution in [0.3, 0.4) is 0 Å². The largest absolute Gasteiger partial charge is 0.354 e. The van der Waals surface area contributed by atoms with Crippen molar-refractivity contribution in [3.05, 3.63) is 92.4 Å². The first-order valence-corrected chi connectivity index (χ1v) is 16.3. The molecule has 0 bridgehead atoms. The Kier molecular flexibility index (Phi) is 12.1. The molecular formula is C30H34BrCl2N3O4S. The molecule has 0 aliphatic rings. The van der Waals surface area contributed by atoms with Gasteiger partial charge >= 0.3 is 0 Å². The monoisotopic (exact) mass is 681 g/mol. The van der Waals surface area contributed by atoms with E-state index in [4.69, 9.17) is 23.2 Å². The molecule has 0 spiro atoms. The number of nitrogens with one attached hydrogen (secondary N) is 1. The summed E-state index contributed by atoms with van der Waals surface area (Å²) < 4.78 is 29.7. The summed E-state index contributed by atoms with van der Waals surface area (Å²) >= 11 is 15.9. The van der Waals surface area contributed by atoms with Gasteiger partial charge in [0.25, 0.3) is 10.0 Å². The zero-order valence-corrected chi connectivity index (χ0v) is 27.2. The highest BCUT2D eigenvalue weighted by Crippen LogP contribution is 2.28. The molecule has 0 saturated heterocycles. The third kappa shape index (κ3) is 8.70. The van der Waals surface area contributed by atoms with Crippen molar-refractivity contribution in [1.29, 1.82) is 0 Å². The Bertz CT molecular complexity index is 1450. The van der Waals surface area contributed by atoms with E-state index in [-0.39, 0.29) is 17.3 Å². The van der Waals surface area contributed by atoms with Gasteiger partial charge in [-0.15, -0.1) is 0 Å². The number of carbonyl (C=O) groups is 2. The summed E-state index contributed by atoms with van der Waals surface area (Å²) in [6.07, 6.45) is 2.02.